The Morgan fingerprint density at radius 1 is 0.939 bits per heavy atom. The van der Waals surface area contributed by atoms with Crippen LogP contribution in [0.3, 0.4) is 0 Å². The van der Waals surface area contributed by atoms with Crippen LogP contribution in [0.5, 0.6) is 17.2 Å². The molecule has 1 aromatic heterocycles. The summed E-state index contributed by atoms with van der Waals surface area (Å²) in [4.78, 5) is 17.1. The van der Waals surface area contributed by atoms with Crippen LogP contribution in [0.4, 0.5) is 0 Å². The molecule has 0 aliphatic carbocycles. The molecule has 0 unspecified atom stereocenters. The van der Waals surface area contributed by atoms with Crippen molar-refractivity contribution < 1.29 is 23.4 Å². The molecule has 1 saturated heterocycles. The second kappa shape index (κ2) is 9.58. The number of carbonyl (C=O) groups excluding carboxylic acids is 1. The molecule has 172 valence electrons. The van der Waals surface area contributed by atoms with Crippen molar-refractivity contribution in [3.63, 3.8) is 0 Å². The predicted octanol–water partition coefficient (Wildman–Crippen LogP) is 3.96. The summed E-state index contributed by atoms with van der Waals surface area (Å²) in [5.41, 5.74) is 2.19. The van der Waals surface area contributed by atoms with E-state index >= 15 is 0 Å². The number of carbonyl (C=O) groups is 1. The zero-order valence-corrected chi connectivity index (χ0v) is 18.8. The number of aryl methyl sites for hydroxylation is 1. The fourth-order valence-electron chi connectivity index (χ4n) is 4.26. The molecule has 3 aromatic rings. The molecule has 1 fully saturated rings. The zero-order valence-electron chi connectivity index (χ0n) is 18.8. The summed E-state index contributed by atoms with van der Waals surface area (Å²) in [6, 6.07) is 17.8. The molecular formula is C26H28N2O5. The number of methoxy groups -OCH3 is 1. The van der Waals surface area contributed by atoms with Crippen molar-refractivity contribution >= 4 is 5.91 Å². The van der Waals surface area contributed by atoms with Gasteiger partial charge in [0.05, 0.1) is 7.11 Å². The number of hydrogen-bond acceptors (Lipinski definition) is 6. The first-order valence-corrected chi connectivity index (χ1v) is 11.3. The summed E-state index contributed by atoms with van der Waals surface area (Å²) >= 11 is 0. The molecule has 0 N–H and O–H groups in total. The maximum Gasteiger partial charge on any atom is 0.231 e. The van der Waals surface area contributed by atoms with E-state index in [0.29, 0.717) is 19.6 Å². The Hall–Kier alpha value is -3.45. The number of amides is 1. The molecule has 2 aliphatic heterocycles. The normalized spacial score (nSPS) is 15.6. The van der Waals surface area contributed by atoms with Crippen molar-refractivity contribution in [1.82, 2.24) is 9.80 Å². The number of hydrogen-bond donors (Lipinski definition) is 0. The van der Waals surface area contributed by atoms with Crippen LogP contribution in [0, 0.1) is 0 Å². The SMILES string of the molecule is COc1ccc(-c2ccc(CCC(=O)N3CCN(Cc4ccc5c(c4)OCO5)CC3)o2)cc1. The molecule has 0 radical (unpaired) electrons. The van der Waals surface area contributed by atoms with Gasteiger partial charge < -0.3 is 23.5 Å². The number of furan rings is 1. The van der Waals surface area contributed by atoms with E-state index in [0.717, 1.165) is 67.1 Å². The van der Waals surface area contributed by atoms with Gasteiger partial charge in [-0.05, 0) is 54.1 Å². The Morgan fingerprint density at radius 3 is 2.52 bits per heavy atom. The van der Waals surface area contributed by atoms with Crippen LogP contribution < -0.4 is 14.2 Å². The molecular weight excluding hydrogens is 420 g/mol. The van der Waals surface area contributed by atoms with E-state index in [1.165, 1.54) is 5.56 Å². The van der Waals surface area contributed by atoms with Gasteiger partial charge in [0, 0.05) is 51.1 Å². The molecule has 3 heterocycles. The lowest BCUT2D eigenvalue weighted by atomic mass is 10.1. The average Bonchev–Trinajstić information content (AvgIpc) is 3.52. The Balaban J connectivity index is 1.08. The third-order valence-electron chi connectivity index (χ3n) is 6.19. The highest BCUT2D eigenvalue weighted by atomic mass is 16.7. The van der Waals surface area contributed by atoms with Crippen molar-refractivity contribution in [3.05, 3.63) is 65.9 Å². The second-order valence-corrected chi connectivity index (χ2v) is 8.34. The highest BCUT2D eigenvalue weighted by Gasteiger charge is 2.22. The van der Waals surface area contributed by atoms with E-state index < -0.39 is 0 Å². The maximum atomic E-state index is 12.7. The quantitative estimate of drug-likeness (QED) is 0.545. The topological polar surface area (TPSA) is 64.4 Å². The van der Waals surface area contributed by atoms with Crippen molar-refractivity contribution in [2.45, 2.75) is 19.4 Å². The summed E-state index contributed by atoms with van der Waals surface area (Å²) in [5.74, 6) is 4.25. The lowest BCUT2D eigenvalue weighted by Gasteiger charge is -2.34. The first-order valence-electron chi connectivity index (χ1n) is 11.3. The lowest BCUT2D eigenvalue weighted by molar-refractivity contribution is -0.133. The first kappa shape index (κ1) is 21.4. The van der Waals surface area contributed by atoms with Crippen molar-refractivity contribution in [1.29, 1.82) is 0 Å². The molecule has 2 aliphatic rings. The number of benzene rings is 2. The molecule has 2 aromatic carbocycles. The maximum absolute atomic E-state index is 12.7. The zero-order chi connectivity index (χ0) is 22.6. The third kappa shape index (κ3) is 4.98. The van der Waals surface area contributed by atoms with Crippen LogP contribution in [0.15, 0.2) is 59.0 Å². The van der Waals surface area contributed by atoms with Crippen molar-refractivity contribution in [2.75, 3.05) is 40.1 Å². The third-order valence-corrected chi connectivity index (χ3v) is 6.19. The highest BCUT2D eigenvalue weighted by Crippen LogP contribution is 2.33. The van der Waals surface area contributed by atoms with Gasteiger partial charge >= 0.3 is 0 Å². The number of nitrogens with zero attached hydrogens (tertiary/aromatic N) is 2. The number of fused-ring (bicyclic) bond motifs is 1. The fraction of sp³-hybridized carbons (Fsp3) is 0.346. The molecule has 1 amide bonds. The molecule has 0 saturated carbocycles. The predicted molar refractivity (Wildman–Crippen MR) is 123 cm³/mol. The van der Waals surface area contributed by atoms with Gasteiger partial charge in [-0.3, -0.25) is 9.69 Å². The van der Waals surface area contributed by atoms with Crippen LogP contribution >= 0.6 is 0 Å². The van der Waals surface area contributed by atoms with Crippen molar-refractivity contribution in [3.8, 4) is 28.6 Å². The molecule has 7 heteroatoms. The molecule has 0 spiro atoms. The van der Waals surface area contributed by atoms with Gasteiger partial charge in [0.1, 0.15) is 17.3 Å². The molecule has 0 atom stereocenters. The molecule has 33 heavy (non-hydrogen) atoms. The minimum atomic E-state index is 0.181. The first-order chi connectivity index (χ1) is 16.2. The van der Waals surface area contributed by atoms with Gasteiger partial charge in [0.15, 0.2) is 11.5 Å². The van der Waals surface area contributed by atoms with Gasteiger partial charge in [-0.25, -0.2) is 0 Å². The highest BCUT2D eigenvalue weighted by molar-refractivity contribution is 5.76. The van der Waals surface area contributed by atoms with E-state index in [1.54, 1.807) is 7.11 Å². The van der Waals surface area contributed by atoms with Crippen LogP contribution in [-0.2, 0) is 17.8 Å². The average molecular weight is 449 g/mol. The van der Waals surface area contributed by atoms with Gasteiger partial charge in [-0.1, -0.05) is 6.07 Å². The van der Waals surface area contributed by atoms with E-state index in [-0.39, 0.29) is 5.91 Å². The summed E-state index contributed by atoms with van der Waals surface area (Å²) in [6.45, 7) is 4.36. The number of ether oxygens (including phenoxy) is 3. The monoisotopic (exact) mass is 448 g/mol. The minimum absolute atomic E-state index is 0.181. The van der Waals surface area contributed by atoms with Crippen LogP contribution in [0.25, 0.3) is 11.3 Å². The van der Waals surface area contributed by atoms with Crippen LogP contribution in [-0.4, -0.2) is 55.8 Å². The summed E-state index contributed by atoms with van der Waals surface area (Å²) in [7, 11) is 1.65. The van der Waals surface area contributed by atoms with E-state index in [1.807, 2.05) is 53.4 Å². The largest absolute Gasteiger partial charge is 0.497 e. The second-order valence-electron chi connectivity index (χ2n) is 8.34. The van der Waals surface area contributed by atoms with E-state index in [2.05, 4.69) is 11.0 Å². The Labute approximate surface area is 193 Å². The summed E-state index contributed by atoms with van der Waals surface area (Å²) in [5, 5.41) is 0. The molecule has 0 bridgehead atoms. The lowest BCUT2D eigenvalue weighted by Crippen LogP contribution is -2.48. The summed E-state index contributed by atoms with van der Waals surface area (Å²) < 4.78 is 22.0. The van der Waals surface area contributed by atoms with Crippen molar-refractivity contribution in [2.24, 2.45) is 0 Å². The standard InChI is InChI=1S/C26H28N2O5/c1-30-21-5-3-20(4-6-21)23-10-7-22(33-23)8-11-26(29)28-14-12-27(13-15-28)17-19-2-9-24-25(16-19)32-18-31-24/h2-7,9-10,16H,8,11-15,17-18H2,1H3. The van der Waals surface area contributed by atoms with Crippen LogP contribution in [0.2, 0.25) is 0 Å². The van der Waals surface area contributed by atoms with Gasteiger partial charge in [-0.2, -0.15) is 0 Å². The Kier molecular flexibility index (Phi) is 6.21. The molecule has 7 nitrogen and oxygen atoms in total. The van der Waals surface area contributed by atoms with E-state index in [4.69, 9.17) is 18.6 Å². The summed E-state index contributed by atoms with van der Waals surface area (Å²) in [6.07, 6.45) is 1.06. The van der Waals surface area contributed by atoms with Gasteiger partial charge in [0.25, 0.3) is 0 Å². The van der Waals surface area contributed by atoms with Gasteiger partial charge in [0.2, 0.25) is 12.7 Å². The van der Waals surface area contributed by atoms with Gasteiger partial charge in [-0.15, -0.1) is 0 Å². The smallest absolute Gasteiger partial charge is 0.231 e. The van der Waals surface area contributed by atoms with Crippen LogP contribution in [0.1, 0.15) is 17.7 Å². The number of piperazine rings is 1. The minimum Gasteiger partial charge on any atom is -0.497 e. The fourth-order valence-corrected chi connectivity index (χ4v) is 4.26. The van der Waals surface area contributed by atoms with E-state index in [9.17, 15) is 4.79 Å². The Morgan fingerprint density at radius 2 is 1.73 bits per heavy atom. The Bertz CT molecular complexity index is 1100. The number of rotatable bonds is 7. The molecule has 5 rings (SSSR count).